The molecule has 6 heteroatoms. The number of carbonyl (C=O) groups excluding carboxylic acids is 1. The van der Waals surface area contributed by atoms with Gasteiger partial charge in [0.25, 0.3) is 0 Å². The lowest BCUT2D eigenvalue weighted by Crippen LogP contribution is -2.29. The van der Waals surface area contributed by atoms with Gasteiger partial charge in [-0.15, -0.1) is 0 Å². The first-order chi connectivity index (χ1) is 16.0. The van der Waals surface area contributed by atoms with Crippen LogP contribution >= 0.6 is 0 Å². The zero-order valence-electron chi connectivity index (χ0n) is 18.2. The fourth-order valence-corrected chi connectivity index (χ4v) is 4.11. The summed E-state index contributed by atoms with van der Waals surface area (Å²) in [6.45, 7) is 2.14. The van der Waals surface area contributed by atoms with Crippen LogP contribution in [0, 0.1) is 6.92 Å². The number of hydrogen-bond acceptors (Lipinski definition) is 5. The summed E-state index contributed by atoms with van der Waals surface area (Å²) in [5.74, 6) is -1.01. The Hall–Kier alpha value is -4.06. The summed E-state index contributed by atoms with van der Waals surface area (Å²) in [4.78, 5) is 25.1. The lowest BCUT2D eigenvalue weighted by molar-refractivity contribution is -0.120. The van der Waals surface area contributed by atoms with Crippen LogP contribution < -0.4 is 10.9 Å². The summed E-state index contributed by atoms with van der Waals surface area (Å²) < 4.78 is 5.20. The van der Waals surface area contributed by atoms with Crippen LogP contribution in [0.25, 0.3) is 11.0 Å². The molecule has 0 fully saturated rings. The highest BCUT2D eigenvalue weighted by molar-refractivity contribution is 5.89. The molecule has 1 heterocycles. The second-order valence-electron chi connectivity index (χ2n) is 7.99. The van der Waals surface area contributed by atoms with E-state index < -0.39 is 11.4 Å². The molecule has 0 unspecified atom stereocenters. The minimum atomic E-state index is -0.706. The van der Waals surface area contributed by atoms with Crippen molar-refractivity contribution in [1.82, 2.24) is 5.32 Å². The fraction of sp³-hybridized carbons (Fsp3) is 0.185. The molecule has 3 aromatic carbocycles. The monoisotopic (exact) mass is 443 g/mol. The van der Waals surface area contributed by atoms with E-state index in [9.17, 15) is 19.8 Å². The Morgan fingerprint density at radius 1 is 0.939 bits per heavy atom. The molecule has 1 amide bonds. The third-order valence-electron chi connectivity index (χ3n) is 5.90. The van der Waals surface area contributed by atoms with Crippen molar-refractivity contribution < 1.29 is 19.4 Å². The smallest absolute Gasteiger partial charge is 0.340 e. The molecule has 1 aromatic heterocycles. The summed E-state index contributed by atoms with van der Waals surface area (Å²) in [6.07, 6.45) is 0.575. The van der Waals surface area contributed by atoms with Crippen LogP contribution in [0.3, 0.4) is 0 Å². The normalized spacial score (nSPS) is 11.1. The quantitative estimate of drug-likeness (QED) is 0.291. The van der Waals surface area contributed by atoms with Gasteiger partial charge < -0.3 is 19.9 Å². The number of carbonyl (C=O) groups is 1. The summed E-state index contributed by atoms with van der Waals surface area (Å²) in [7, 11) is 0. The van der Waals surface area contributed by atoms with E-state index >= 15 is 0 Å². The van der Waals surface area contributed by atoms with E-state index in [0.717, 1.165) is 0 Å². The van der Waals surface area contributed by atoms with E-state index in [2.05, 4.69) is 29.6 Å². The van der Waals surface area contributed by atoms with Gasteiger partial charge in [-0.1, -0.05) is 60.7 Å². The van der Waals surface area contributed by atoms with Crippen LogP contribution in [0.2, 0.25) is 0 Å². The van der Waals surface area contributed by atoms with Gasteiger partial charge in [-0.05, 0) is 42.2 Å². The standard InChI is InChI=1S/C27H25NO5/c1-17-20-12-13-23(29)25(31)26(20)33-27(32)22(17)16-24(30)28-15-14-21(18-8-4-2-5-9-18)19-10-6-3-7-11-19/h2-13,21,29,31H,14-16H2,1H3,(H,28,30). The SMILES string of the molecule is Cc1c(CC(=O)NCCC(c2ccccc2)c2ccccc2)c(=O)oc2c(O)c(O)ccc12. The number of rotatable bonds is 7. The largest absolute Gasteiger partial charge is 0.504 e. The molecular formula is C27H25NO5. The predicted molar refractivity (Wildman–Crippen MR) is 127 cm³/mol. The Morgan fingerprint density at radius 3 is 2.15 bits per heavy atom. The molecule has 168 valence electrons. The maximum absolute atomic E-state index is 12.6. The predicted octanol–water partition coefficient (Wildman–Crippen LogP) is 4.39. The number of phenolic OH excluding ortho intramolecular Hbond substituents is 2. The van der Waals surface area contributed by atoms with Crippen LogP contribution in [-0.2, 0) is 11.2 Å². The first kappa shape index (κ1) is 22.1. The van der Waals surface area contributed by atoms with Crippen molar-refractivity contribution in [3.63, 3.8) is 0 Å². The van der Waals surface area contributed by atoms with Gasteiger partial charge in [-0.25, -0.2) is 4.79 Å². The maximum Gasteiger partial charge on any atom is 0.340 e. The Kier molecular flexibility index (Phi) is 6.45. The number of aromatic hydroxyl groups is 2. The molecule has 0 spiro atoms. The van der Waals surface area contributed by atoms with Crippen molar-refractivity contribution in [2.24, 2.45) is 0 Å². The molecule has 0 aliphatic rings. The van der Waals surface area contributed by atoms with E-state index in [0.29, 0.717) is 23.9 Å². The van der Waals surface area contributed by atoms with Crippen LogP contribution in [0.5, 0.6) is 11.5 Å². The van der Waals surface area contributed by atoms with Gasteiger partial charge in [0, 0.05) is 17.8 Å². The topological polar surface area (TPSA) is 99.8 Å². The first-order valence-corrected chi connectivity index (χ1v) is 10.8. The average molecular weight is 443 g/mol. The van der Waals surface area contributed by atoms with E-state index in [-0.39, 0.29) is 35.1 Å². The lowest BCUT2D eigenvalue weighted by Gasteiger charge is -2.18. The Morgan fingerprint density at radius 2 is 1.55 bits per heavy atom. The molecule has 0 atom stereocenters. The number of nitrogens with one attached hydrogen (secondary N) is 1. The van der Waals surface area contributed by atoms with Crippen LogP contribution in [0.1, 0.15) is 34.6 Å². The maximum atomic E-state index is 12.6. The van der Waals surface area contributed by atoms with Gasteiger partial charge >= 0.3 is 5.63 Å². The summed E-state index contributed by atoms with van der Waals surface area (Å²) >= 11 is 0. The molecule has 0 aliphatic carbocycles. The van der Waals surface area contributed by atoms with Crippen molar-refractivity contribution in [1.29, 1.82) is 0 Å². The molecule has 0 bridgehead atoms. The van der Waals surface area contributed by atoms with Crippen molar-refractivity contribution in [2.45, 2.75) is 25.7 Å². The number of hydrogen-bond donors (Lipinski definition) is 3. The second kappa shape index (κ2) is 9.61. The molecule has 0 saturated heterocycles. The number of phenols is 2. The third-order valence-corrected chi connectivity index (χ3v) is 5.90. The molecule has 4 aromatic rings. The highest BCUT2D eigenvalue weighted by atomic mass is 16.4. The van der Waals surface area contributed by atoms with Gasteiger partial charge in [-0.2, -0.15) is 0 Å². The molecule has 33 heavy (non-hydrogen) atoms. The van der Waals surface area contributed by atoms with Crippen molar-refractivity contribution >= 4 is 16.9 Å². The van der Waals surface area contributed by atoms with Crippen molar-refractivity contribution in [3.8, 4) is 11.5 Å². The molecule has 3 N–H and O–H groups in total. The second-order valence-corrected chi connectivity index (χ2v) is 7.99. The van der Waals surface area contributed by atoms with E-state index in [1.807, 2.05) is 36.4 Å². The minimum Gasteiger partial charge on any atom is -0.504 e. The lowest BCUT2D eigenvalue weighted by atomic mass is 9.88. The number of aryl methyl sites for hydroxylation is 1. The van der Waals surface area contributed by atoms with Crippen LogP contribution in [0.15, 0.2) is 82.0 Å². The molecule has 4 rings (SSSR count). The zero-order valence-corrected chi connectivity index (χ0v) is 18.2. The van der Waals surface area contributed by atoms with E-state index in [4.69, 9.17) is 4.42 Å². The van der Waals surface area contributed by atoms with Crippen molar-refractivity contribution in [3.05, 3.63) is 105 Å². The highest BCUT2D eigenvalue weighted by Gasteiger charge is 2.19. The van der Waals surface area contributed by atoms with Gasteiger partial charge in [0.1, 0.15) is 0 Å². The van der Waals surface area contributed by atoms with E-state index in [1.54, 1.807) is 13.0 Å². The zero-order chi connectivity index (χ0) is 23.4. The number of benzene rings is 3. The summed E-state index contributed by atoms with van der Waals surface area (Å²) in [5.41, 5.74) is 2.32. The average Bonchev–Trinajstić information content (AvgIpc) is 2.83. The minimum absolute atomic E-state index is 0.0878. The van der Waals surface area contributed by atoms with Crippen molar-refractivity contribution in [2.75, 3.05) is 6.54 Å². The molecule has 0 radical (unpaired) electrons. The summed E-state index contributed by atoms with van der Waals surface area (Å²) in [6, 6.07) is 23.2. The number of amides is 1. The summed E-state index contributed by atoms with van der Waals surface area (Å²) in [5, 5.41) is 23.0. The van der Waals surface area contributed by atoms with Crippen LogP contribution in [0.4, 0.5) is 0 Å². The Bertz CT molecular complexity index is 1290. The Balaban J connectivity index is 1.47. The van der Waals surface area contributed by atoms with Gasteiger partial charge in [0.05, 0.1) is 12.0 Å². The first-order valence-electron chi connectivity index (χ1n) is 10.8. The number of fused-ring (bicyclic) bond motifs is 1. The molecule has 6 nitrogen and oxygen atoms in total. The van der Waals surface area contributed by atoms with Gasteiger partial charge in [-0.3, -0.25) is 4.79 Å². The Labute approximate surface area is 191 Å². The highest BCUT2D eigenvalue weighted by Crippen LogP contribution is 2.34. The van der Waals surface area contributed by atoms with Gasteiger partial charge in [0.15, 0.2) is 11.3 Å². The molecule has 0 aliphatic heterocycles. The fourth-order valence-electron chi connectivity index (χ4n) is 4.11. The van der Waals surface area contributed by atoms with E-state index in [1.165, 1.54) is 17.2 Å². The molecule has 0 saturated carbocycles. The molecular weight excluding hydrogens is 418 g/mol. The van der Waals surface area contributed by atoms with Crippen LogP contribution in [-0.4, -0.2) is 22.7 Å². The third kappa shape index (κ3) is 4.75. The van der Waals surface area contributed by atoms with Gasteiger partial charge in [0.2, 0.25) is 11.7 Å².